The molecule has 2 rings (SSSR count). The SMILES string of the molecule is CC1CCCCC1(CN)NC(=O)c1ccccc1O. The van der Waals surface area contributed by atoms with E-state index in [2.05, 4.69) is 12.2 Å². The topological polar surface area (TPSA) is 75.3 Å². The van der Waals surface area contributed by atoms with Crippen LogP contribution >= 0.6 is 0 Å². The smallest absolute Gasteiger partial charge is 0.255 e. The van der Waals surface area contributed by atoms with E-state index in [0.717, 1.165) is 19.3 Å². The lowest BCUT2D eigenvalue weighted by Crippen LogP contribution is -2.59. The first-order valence-electron chi connectivity index (χ1n) is 6.89. The van der Waals surface area contributed by atoms with E-state index in [1.54, 1.807) is 18.2 Å². The highest BCUT2D eigenvalue weighted by Gasteiger charge is 2.38. The van der Waals surface area contributed by atoms with E-state index in [1.807, 2.05) is 0 Å². The zero-order valence-corrected chi connectivity index (χ0v) is 11.4. The Labute approximate surface area is 114 Å². The van der Waals surface area contributed by atoms with Crippen LogP contribution in [-0.2, 0) is 0 Å². The number of rotatable bonds is 3. The van der Waals surface area contributed by atoms with Gasteiger partial charge in [-0.1, -0.05) is 31.9 Å². The molecule has 0 aromatic heterocycles. The second-order valence-electron chi connectivity index (χ2n) is 5.48. The molecule has 0 saturated heterocycles. The van der Waals surface area contributed by atoms with Gasteiger partial charge in [-0.15, -0.1) is 0 Å². The number of carbonyl (C=O) groups is 1. The Bertz CT molecular complexity index is 461. The van der Waals surface area contributed by atoms with Gasteiger partial charge >= 0.3 is 0 Å². The summed E-state index contributed by atoms with van der Waals surface area (Å²) in [6.07, 6.45) is 4.26. The Kier molecular flexibility index (Phi) is 4.10. The summed E-state index contributed by atoms with van der Waals surface area (Å²) in [5.74, 6) is 0.133. The van der Waals surface area contributed by atoms with Crippen LogP contribution in [0.15, 0.2) is 24.3 Å². The zero-order valence-electron chi connectivity index (χ0n) is 11.4. The summed E-state index contributed by atoms with van der Waals surface area (Å²) in [6, 6.07) is 6.60. The lowest BCUT2D eigenvalue weighted by Gasteiger charge is -2.42. The number of phenols is 1. The van der Waals surface area contributed by atoms with Gasteiger partial charge < -0.3 is 16.2 Å². The number of carbonyl (C=O) groups excluding carboxylic acids is 1. The monoisotopic (exact) mass is 262 g/mol. The number of nitrogens with two attached hydrogens (primary N) is 1. The van der Waals surface area contributed by atoms with Crippen LogP contribution in [0.2, 0.25) is 0 Å². The maximum Gasteiger partial charge on any atom is 0.255 e. The van der Waals surface area contributed by atoms with Crippen LogP contribution < -0.4 is 11.1 Å². The summed E-state index contributed by atoms with van der Waals surface area (Å²) in [4.78, 5) is 12.3. The molecule has 0 radical (unpaired) electrons. The summed E-state index contributed by atoms with van der Waals surface area (Å²) in [6.45, 7) is 2.57. The van der Waals surface area contributed by atoms with Crippen LogP contribution in [0.25, 0.3) is 0 Å². The van der Waals surface area contributed by atoms with Crippen molar-refractivity contribution in [3.05, 3.63) is 29.8 Å². The van der Waals surface area contributed by atoms with Gasteiger partial charge in [0.2, 0.25) is 0 Å². The maximum absolute atomic E-state index is 12.3. The lowest BCUT2D eigenvalue weighted by atomic mass is 9.73. The number of hydrogen-bond acceptors (Lipinski definition) is 3. The van der Waals surface area contributed by atoms with Crippen molar-refractivity contribution in [2.75, 3.05) is 6.54 Å². The second kappa shape index (κ2) is 5.61. The second-order valence-corrected chi connectivity index (χ2v) is 5.48. The van der Waals surface area contributed by atoms with Crippen LogP contribution in [0.1, 0.15) is 43.0 Å². The molecule has 2 atom stereocenters. The van der Waals surface area contributed by atoms with Crippen molar-refractivity contribution in [2.24, 2.45) is 11.7 Å². The molecule has 1 fully saturated rings. The van der Waals surface area contributed by atoms with Gasteiger partial charge in [-0.2, -0.15) is 0 Å². The molecule has 1 amide bonds. The number of nitrogens with one attached hydrogen (secondary N) is 1. The van der Waals surface area contributed by atoms with E-state index in [1.165, 1.54) is 12.5 Å². The van der Waals surface area contributed by atoms with Gasteiger partial charge in [0, 0.05) is 6.54 Å². The van der Waals surface area contributed by atoms with E-state index >= 15 is 0 Å². The molecule has 4 N–H and O–H groups in total. The van der Waals surface area contributed by atoms with E-state index in [-0.39, 0.29) is 17.2 Å². The van der Waals surface area contributed by atoms with E-state index in [9.17, 15) is 9.90 Å². The molecule has 0 aliphatic heterocycles. The van der Waals surface area contributed by atoms with Crippen LogP contribution in [0.5, 0.6) is 5.75 Å². The number of hydrogen-bond donors (Lipinski definition) is 3. The average Bonchev–Trinajstić information content (AvgIpc) is 2.42. The zero-order chi connectivity index (χ0) is 13.9. The quantitative estimate of drug-likeness (QED) is 0.780. The molecule has 0 bridgehead atoms. The van der Waals surface area contributed by atoms with E-state index in [4.69, 9.17) is 5.73 Å². The molecular formula is C15H22N2O2. The minimum Gasteiger partial charge on any atom is -0.507 e. The first-order chi connectivity index (χ1) is 9.09. The van der Waals surface area contributed by atoms with Gasteiger partial charge in [0.15, 0.2) is 0 Å². The van der Waals surface area contributed by atoms with Crippen molar-refractivity contribution < 1.29 is 9.90 Å². The minimum atomic E-state index is -0.336. The first kappa shape index (κ1) is 13.9. The van der Waals surface area contributed by atoms with Crippen molar-refractivity contribution in [3.63, 3.8) is 0 Å². The summed E-state index contributed by atoms with van der Waals surface area (Å²) in [5, 5.41) is 12.8. The fourth-order valence-corrected chi connectivity index (χ4v) is 2.91. The van der Waals surface area contributed by atoms with Crippen LogP contribution in [-0.4, -0.2) is 23.1 Å². The normalized spacial score (nSPS) is 26.9. The molecule has 1 aromatic rings. The molecular weight excluding hydrogens is 240 g/mol. The molecule has 104 valence electrons. The number of para-hydroxylation sites is 1. The molecule has 2 unspecified atom stereocenters. The molecule has 1 saturated carbocycles. The van der Waals surface area contributed by atoms with Crippen molar-refractivity contribution >= 4 is 5.91 Å². The number of aromatic hydroxyl groups is 1. The highest BCUT2D eigenvalue weighted by Crippen LogP contribution is 2.33. The van der Waals surface area contributed by atoms with E-state index < -0.39 is 0 Å². The number of amides is 1. The molecule has 0 spiro atoms. The van der Waals surface area contributed by atoms with Crippen molar-refractivity contribution in [1.29, 1.82) is 0 Å². The molecule has 1 aromatic carbocycles. The maximum atomic E-state index is 12.3. The molecule has 0 heterocycles. The van der Waals surface area contributed by atoms with Crippen molar-refractivity contribution in [3.8, 4) is 5.75 Å². The molecule has 4 heteroatoms. The number of benzene rings is 1. The number of phenolic OH excluding ortho intramolecular Hbond substituents is 1. The summed E-state index contributed by atoms with van der Waals surface area (Å²) in [7, 11) is 0. The van der Waals surface area contributed by atoms with Crippen LogP contribution in [0, 0.1) is 5.92 Å². The summed E-state index contributed by atoms with van der Waals surface area (Å²) >= 11 is 0. The van der Waals surface area contributed by atoms with Gasteiger partial charge in [-0.3, -0.25) is 4.79 Å². The third kappa shape index (κ3) is 2.73. The Morgan fingerprint density at radius 1 is 1.47 bits per heavy atom. The molecule has 1 aliphatic rings. The largest absolute Gasteiger partial charge is 0.507 e. The van der Waals surface area contributed by atoms with Crippen molar-refractivity contribution in [1.82, 2.24) is 5.32 Å². The highest BCUT2D eigenvalue weighted by atomic mass is 16.3. The highest BCUT2D eigenvalue weighted by molar-refractivity contribution is 5.97. The Hall–Kier alpha value is -1.55. The van der Waals surface area contributed by atoms with Gasteiger partial charge in [0.1, 0.15) is 5.75 Å². The summed E-state index contributed by atoms with van der Waals surface area (Å²) < 4.78 is 0. The Morgan fingerprint density at radius 3 is 2.84 bits per heavy atom. The Morgan fingerprint density at radius 2 is 2.21 bits per heavy atom. The molecule has 19 heavy (non-hydrogen) atoms. The fourth-order valence-electron chi connectivity index (χ4n) is 2.91. The fraction of sp³-hybridized carbons (Fsp3) is 0.533. The van der Waals surface area contributed by atoms with Crippen molar-refractivity contribution in [2.45, 2.75) is 38.1 Å². The lowest BCUT2D eigenvalue weighted by molar-refractivity contribution is 0.0810. The van der Waals surface area contributed by atoms with Gasteiger partial charge in [0.05, 0.1) is 11.1 Å². The summed E-state index contributed by atoms with van der Waals surface area (Å²) in [5.41, 5.74) is 5.89. The van der Waals surface area contributed by atoms with Gasteiger partial charge in [-0.25, -0.2) is 0 Å². The van der Waals surface area contributed by atoms with Gasteiger partial charge in [0.25, 0.3) is 5.91 Å². The standard InChI is InChI=1S/C15H22N2O2/c1-11-6-4-5-9-15(11,10-16)17-14(19)12-7-2-3-8-13(12)18/h2-3,7-8,11,18H,4-6,9-10,16H2,1H3,(H,17,19). The Balaban J connectivity index is 2.19. The minimum absolute atomic E-state index is 0.00985. The van der Waals surface area contributed by atoms with Gasteiger partial charge in [-0.05, 0) is 30.9 Å². The molecule has 4 nitrogen and oxygen atoms in total. The third-order valence-corrected chi connectivity index (χ3v) is 4.33. The average molecular weight is 262 g/mol. The third-order valence-electron chi connectivity index (χ3n) is 4.33. The molecule has 1 aliphatic carbocycles. The predicted molar refractivity (Wildman–Crippen MR) is 75.0 cm³/mol. The van der Waals surface area contributed by atoms with Crippen LogP contribution in [0.3, 0.4) is 0 Å². The predicted octanol–water partition coefficient (Wildman–Crippen LogP) is 2.03. The van der Waals surface area contributed by atoms with E-state index in [0.29, 0.717) is 18.0 Å². The van der Waals surface area contributed by atoms with Crippen LogP contribution in [0.4, 0.5) is 0 Å². The first-order valence-corrected chi connectivity index (χ1v) is 6.89.